The van der Waals surface area contributed by atoms with Crippen LogP contribution in [0.3, 0.4) is 0 Å². The summed E-state index contributed by atoms with van der Waals surface area (Å²) in [6.07, 6.45) is 0. The van der Waals surface area contributed by atoms with E-state index in [1.165, 1.54) is 4.90 Å². The summed E-state index contributed by atoms with van der Waals surface area (Å²) in [5.74, 6) is -0.305. The van der Waals surface area contributed by atoms with Crippen LogP contribution in [0.2, 0.25) is 0 Å². The number of carbonyl (C=O) groups is 2. The van der Waals surface area contributed by atoms with Crippen LogP contribution >= 0.6 is 0 Å². The smallest absolute Gasteiger partial charge is 0.320 e. The minimum absolute atomic E-state index is 0.0157. The Balaban J connectivity index is 4.28. The highest BCUT2D eigenvalue weighted by Crippen LogP contribution is 1.99. The van der Waals surface area contributed by atoms with Gasteiger partial charge in [0.1, 0.15) is 0 Å². The van der Waals surface area contributed by atoms with Gasteiger partial charge in [0.05, 0.1) is 19.7 Å². The first-order valence-electron chi connectivity index (χ1n) is 5.48. The van der Waals surface area contributed by atoms with E-state index in [2.05, 4.69) is 0 Å². The summed E-state index contributed by atoms with van der Waals surface area (Å²) in [5, 5.41) is 0. The number of rotatable bonds is 6. The van der Waals surface area contributed by atoms with Crippen LogP contribution in [0.1, 0.15) is 20.8 Å². The molecule has 16 heavy (non-hydrogen) atoms. The van der Waals surface area contributed by atoms with Gasteiger partial charge in [0, 0.05) is 20.1 Å². The zero-order chi connectivity index (χ0) is 12.7. The molecule has 0 spiro atoms. The summed E-state index contributed by atoms with van der Waals surface area (Å²) in [7, 11) is 3.40. The van der Waals surface area contributed by atoms with Gasteiger partial charge in [0.2, 0.25) is 5.91 Å². The van der Waals surface area contributed by atoms with E-state index in [1.807, 2.05) is 13.8 Å². The fraction of sp³-hybridized carbons (Fsp3) is 0.818. The van der Waals surface area contributed by atoms with Crippen molar-refractivity contribution in [1.82, 2.24) is 9.80 Å². The third-order valence-corrected chi connectivity index (χ3v) is 2.20. The third-order valence-electron chi connectivity index (χ3n) is 2.20. The van der Waals surface area contributed by atoms with Crippen LogP contribution in [0.5, 0.6) is 0 Å². The number of ether oxygens (including phenoxy) is 1. The maximum Gasteiger partial charge on any atom is 0.320 e. The van der Waals surface area contributed by atoms with Gasteiger partial charge in [-0.05, 0) is 20.8 Å². The van der Waals surface area contributed by atoms with Gasteiger partial charge in [-0.1, -0.05) is 0 Å². The third kappa shape index (κ3) is 5.70. The lowest BCUT2D eigenvalue weighted by atomic mass is 10.3. The van der Waals surface area contributed by atoms with Crippen molar-refractivity contribution in [3.8, 4) is 0 Å². The van der Waals surface area contributed by atoms with Crippen molar-refractivity contribution in [1.29, 1.82) is 0 Å². The molecule has 0 fully saturated rings. The van der Waals surface area contributed by atoms with E-state index >= 15 is 0 Å². The SMILES string of the molecule is CCOC(=O)CN(CC(=O)N(C)C)C(C)C. The van der Waals surface area contributed by atoms with Crippen LogP contribution < -0.4 is 0 Å². The quantitative estimate of drug-likeness (QED) is 0.618. The summed E-state index contributed by atoms with van der Waals surface area (Å²) < 4.78 is 4.86. The molecular weight excluding hydrogens is 208 g/mol. The van der Waals surface area contributed by atoms with Gasteiger partial charge in [-0.15, -0.1) is 0 Å². The van der Waals surface area contributed by atoms with E-state index in [4.69, 9.17) is 4.74 Å². The molecule has 0 saturated carbocycles. The molecule has 0 bridgehead atoms. The van der Waals surface area contributed by atoms with Crippen LogP contribution in [0.15, 0.2) is 0 Å². The fourth-order valence-electron chi connectivity index (χ4n) is 1.11. The number of carbonyl (C=O) groups excluding carboxylic acids is 2. The average molecular weight is 230 g/mol. The van der Waals surface area contributed by atoms with E-state index in [1.54, 1.807) is 25.9 Å². The average Bonchev–Trinajstić information content (AvgIpc) is 2.16. The van der Waals surface area contributed by atoms with Crippen LogP contribution in [-0.4, -0.2) is 61.5 Å². The Morgan fingerprint density at radius 1 is 1.19 bits per heavy atom. The molecule has 0 aromatic heterocycles. The molecule has 0 aliphatic heterocycles. The van der Waals surface area contributed by atoms with Crippen molar-refractivity contribution in [3.63, 3.8) is 0 Å². The minimum atomic E-state index is -0.289. The molecule has 5 nitrogen and oxygen atoms in total. The van der Waals surface area contributed by atoms with E-state index < -0.39 is 0 Å². The largest absolute Gasteiger partial charge is 0.465 e. The molecule has 0 aromatic rings. The van der Waals surface area contributed by atoms with E-state index in [-0.39, 0.29) is 31.0 Å². The summed E-state index contributed by atoms with van der Waals surface area (Å²) in [6, 6.07) is 0.133. The van der Waals surface area contributed by atoms with Crippen molar-refractivity contribution in [2.75, 3.05) is 33.8 Å². The lowest BCUT2D eigenvalue weighted by Crippen LogP contribution is -2.43. The first-order chi connectivity index (χ1) is 7.38. The normalized spacial score (nSPS) is 10.7. The predicted molar refractivity (Wildman–Crippen MR) is 62.0 cm³/mol. The zero-order valence-corrected chi connectivity index (χ0v) is 10.8. The number of hydrogen-bond acceptors (Lipinski definition) is 4. The maximum atomic E-state index is 11.5. The van der Waals surface area contributed by atoms with Gasteiger partial charge in [0.25, 0.3) is 0 Å². The minimum Gasteiger partial charge on any atom is -0.465 e. The Morgan fingerprint density at radius 3 is 2.12 bits per heavy atom. The molecule has 5 heteroatoms. The molecular formula is C11H22N2O3. The molecule has 1 amide bonds. The van der Waals surface area contributed by atoms with Crippen molar-refractivity contribution >= 4 is 11.9 Å². The first kappa shape index (κ1) is 14.9. The number of likely N-dealkylation sites (N-methyl/N-ethyl adjacent to an activating group) is 1. The van der Waals surface area contributed by atoms with Gasteiger partial charge in [-0.2, -0.15) is 0 Å². The highest BCUT2D eigenvalue weighted by atomic mass is 16.5. The summed E-state index contributed by atoms with van der Waals surface area (Å²) >= 11 is 0. The van der Waals surface area contributed by atoms with Crippen LogP contribution in [0, 0.1) is 0 Å². The van der Waals surface area contributed by atoms with Crippen molar-refractivity contribution in [2.24, 2.45) is 0 Å². The van der Waals surface area contributed by atoms with E-state index in [9.17, 15) is 9.59 Å². The highest BCUT2D eigenvalue weighted by molar-refractivity contribution is 5.79. The molecule has 0 rings (SSSR count). The van der Waals surface area contributed by atoms with Crippen molar-refractivity contribution in [2.45, 2.75) is 26.8 Å². The molecule has 0 aliphatic rings. The Hall–Kier alpha value is -1.10. The maximum absolute atomic E-state index is 11.5. The predicted octanol–water partition coefficient (Wildman–Crippen LogP) is 0.348. The van der Waals surface area contributed by atoms with Gasteiger partial charge in [-0.25, -0.2) is 0 Å². The Bertz CT molecular complexity index is 239. The second kappa shape index (κ2) is 7.22. The van der Waals surface area contributed by atoms with Crippen molar-refractivity contribution in [3.05, 3.63) is 0 Å². The monoisotopic (exact) mass is 230 g/mol. The molecule has 0 saturated heterocycles. The Labute approximate surface area is 97.3 Å². The number of esters is 1. The summed E-state index contributed by atoms with van der Waals surface area (Å²) in [5.41, 5.74) is 0. The standard InChI is InChI=1S/C11H22N2O3/c1-6-16-11(15)8-13(9(2)3)7-10(14)12(4)5/h9H,6-8H2,1-5H3. The first-order valence-corrected chi connectivity index (χ1v) is 5.48. The summed E-state index contributed by atoms with van der Waals surface area (Å²) in [6.45, 7) is 6.42. The lowest BCUT2D eigenvalue weighted by Gasteiger charge is -2.25. The van der Waals surface area contributed by atoms with Crippen LogP contribution in [0.25, 0.3) is 0 Å². The van der Waals surface area contributed by atoms with Gasteiger partial charge in [-0.3, -0.25) is 14.5 Å². The second-order valence-electron chi connectivity index (χ2n) is 4.09. The lowest BCUT2D eigenvalue weighted by molar-refractivity contribution is -0.145. The van der Waals surface area contributed by atoms with Gasteiger partial charge in [0.15, 0.2) is 0 Å². The van der Waals surface area contributed by atoms with E-state index in [0.29, 0.717) is 6.61 Å². The van der Waals surface area contributed by atoms with Gasteiger partial charge >= 0.3 is 5.97 Å². The Morgan fingerprint density at radius 2 is 1.75 bits per heavy atom. The molecule has 0 atom stereocenters. The highest BCUT2D eigenvalue weighted by Gasteiger charge is 2.18. The van der Waals surface area contributed by atoms with Crippen LogP contribution in [0.4, 0.5) is 0 Å². The van der Waals surface area contributed by atoms with Gasteiger partial charge < -0.3 is 9.64 Å². The zero-order valence-electron chi connectivity index (χ0n) is 10.8. The fourth-order valence-corrected chi connectivity index (χ4v) is 1.11. The molecule has 0 N–H and O–H groups in total. The van der Waals surface area contributed by atoms with Crippen LogP contribution in [-0.2, 0) is 14.3 Å². The molecule has 0 aliphatic carbocycles. The molecule has 0 radical (unpaired) electrons. The van der Waals surface area contributed by atoms with Crippen molar-refractivity contribution < 1.29 is 14.3 Å². The number of hydrogen-bond donors (Lipinski definition) is 0. The Kier molecular flexibility index (Phi) is 6.72. The molecule has 0 aromatic carbocycles. The molecule has 0 heterocycles. The molecule has 94 valence electrons. The number of nitrogens with zero attached hydrogens (tertiary/aromatic N) is 2. The van der Waals surface area contributed by atoms with E-state index in [0.717, 1.165) is 0 Å². The second-order valence-corrected chi connectivity index (χ2v) is 4.09. The number of amides is 1. The molecule has 0 unspecified atom stereocenters. The summed E-state index contributed by atoms with van der Waals surface area (Å²) in [4.78, 5) is 26.2. The topological polar surface area (TPSA) is 49.9 Å².